The van der Waals surface area contributed by atoms with Gasteiger partial charge in [0.05, 0.1) is 34.1 Å². The summed E-state index contributed by atoms with van der Waals surface area (Å²) in [5, 5.41) is 18.8. The second kappa shape index (κ2) is 15.0. The van der Waals surface area contributed by atoms with E-state index < -0.39 is 15.9 Å². The minimum atomic E-state index is -4.40. The van der Waals surface area contributed by atoms with Gasteiger partial charge in [-0.1, -0.05) is 0 Å². The van der Waals surface area contributed by atoms with Crippen molar-refractivity contribution in [3.05, 3.63) is 48.8 Å². The first-order valence-electron chi connectivity index (χ1n) is 8.43. The fourth-order valence-corrected chi connectivity index (χ4v) is 2.82. The first-order valence-corrected chi connectivity index (χ1v) is 10.7. The molecule has 17 heteroatoms. The third-order valence-electron chi connectivity index (χ3n) is 3.36. The van der Waals surface area contributed by atoms with Crippen LogP contribution in [0.2, 0.25) is 0 Å². The number of ether oxygens (including phenoxy) is 1. The Morgan fingerprint density at radius 3 is 2.39 bits per heavy atom. The minimum Gasteiger partial charge on any atom is -0.748 e. The third-order valence-corrected chi connectivity index (χ3v) is 4.65. The maximum atomic E-state index is 10.8. The predicted molar refractivity (Wildman–Crippen MR) is 105 cm³/mol. The van der Waals surface area contributed by atoms with Crippen LogP contribution in [0.4, 0.5) is 17.6 Å². The summed E-state index contributed by atoms with van der Waals surface area (Å²) in [7, 11) is -4.40. The zero-order chi connectivity index (χ0) is 22.1. The van der Waals surface area contributed by atoms with Gasteiger partial charge in [-0.05, 0) is 36.4 Å². The average molecular weight is 512 g/mol. The molecule has 13 nitrogen and oxygen atoms in total. The van der Waals surface area contributed by atoms with Gasteiger partial charge in [0.2, 0.25) is 11.9 Å². The van der Waals surface area contributed by atoms with E-state index in [9.17, 15) is 18.2 Å². The van der Waals surface area contributed by atoms with Crippen molar-refractivity contribution in [1.29, 1.82) is 0 Å². The molecule has 0 spiro atoms. The van der Waals surface area contributed by atoms with Crippen molar-refractivity contribution in [2.75, 3.05) is 22.9 Å². The fraction of sp³-hybridized carbons (Fsp3) is 0.125. The maximum absolute atomic E-state index is 10.8. The molecule has 2 aromatic heterocycles. The zero-order valence-electron chi connectivity index (χ0n) is 17.5. The molecule has 2 heterocycles. The number of hydrogen-bond donors (Lipinski definition) is 2. The fourth-order valence-electron chi connectivity index (χ4n) is 2.11. The van der Waals surface area contributed by atoms with E-state index in [0.717, 1.165) is 12.0 Å². The van der Waals surface area contributed by atoms with Crippen molar-refractivity contribution in [3.8, 4) is 11.8 Å². The van der Waals surface area contributed by atoms with Gasteiger partial charge in [-0.15, -0.1) is 0 Å². The predicted octanol–water partition coefficient (Wildman–Crippen LogP) is -5.00. The smallest absolute Gasteiger partial charge is 0.748 e. The summed E-state index contributed by atoms with van der Waals surface area (Å²) in [4.78, 5) is 16.9. The molecule has 0 aliphatic rings. The van der Waals surface area contributed by atoms with Gasteiger partial charge < -0.3 is 25.2 Å². The van der Waals surface area contributed by atoms with E-state index in [1.165, 1.54) is 6.20 Å². The molecule has 0 radical (unpaired) electrons. The molecule has 0 saturated carbocycles. The van der Waals surface area contributed by atoms with E-state index in [2.05, 4.69) is 39.9 Å². The molecule has 164 valence electrons. The molecule has 3 rings (SSSR count). The molecule has 0 saturated heterocycles. The summed E-state index contributed by atoms with van der Waals surface area (Å²) >= 11 is 0.738. The molecule has 0 bridgehead atoms. The van der Waals surface area contributed by atoms with Crippen LogP contribution in [0, 0.1) is 0 Å². The standard InChI is InChI=1S/C16H16N6O7S2.2Na/c23-28-29-30-13-5-3-11(4-6-13)19-15-20-14(18-8-9-31(24,25)26)21-16(22-15)27-12-2-1-7-17-10-12;;/h1-7,10,23H,8-9H2,(H,24,25,26)(H2,18,19,20,21,22);;/q;2*+1/p-2. The van der Waals surface area contributed by atoms with E-state index in [4.69, 9.17) is 4.74 Å². The first-order chi connectivity index (χ1) is 14.9. The molecule has 3 aromatic rings. The summed E-state index contributed by atoms with van der Waals surface area (Å²) in [6, 6.07) is 9.85. The number of rotatable bonds is 11. The van der Waals surface area contributed by atoms with Gasteiger partial charge in [0.15, 0.2) is 0 Å². The van der Waals surface area contributed by atoms with Crippen molar-refractivity contribution in [2.45, 2.75) is 4.90 Å². The van der Waals surface area contributed by atoms with Crippen molar-refractivity contribution in [2.24, 2.45) is 0 Å². The number of nitrogens with one attached hydrogen (secondary N) is 2. The van der Waals surface area contributed by atoms with Gasteiger partial charge in [-0.25, -0.2) is 8.42 Å². The Bertz CT molecular complexity index is 1100. The summed E-state index contributed by atoms with van der Waals surface area (Å²) in [5.74, 6) is -0.196. The Hall–Kier alpha value is -1.08. The van der Waals surface area contributed by atoms with E-state index in [1.54, 1.807) is 42.6 Å². The third kappa shape index (κ3) is 11.3. The van der Waals surface area contributed by atoms with E-state index >= 15 is 0 Å². The minimum absolute atomic E-state index is 0. The monoisotopic (exact) mass is 512 g/mol. The number of anilines is 3. The van der Waals surface area contributed by atoms with E-state index in [1.807, 2.05) is 0 Å². The van der Waals surface area contributed by atoms with Crippen LogP contribution in [0.3, 0.4) is 0 Å². The van der Waals surface area contributed by atoms with Gasteiger partial charge in [-0.3, -0.25) is 10.0 Å². The van der Waals surface area contributed by atoms with Crippen molar-refractivity contribution >= 4 is 39.7 Å². The van der Waals surface area contributed by atoms with Crippen molar-refractivity contribution in [3.63, 3.8) is 0 Å². The van der Waals surface area contributed by atoms with Crippen LogP contribution in [0.15, 0.2) is 53.7 Å². The van der Waals surface area contributed by atoms with Gasteiger partial charge in [0.1, 0.15) is 5.75 Å². The second-order valence-corrected chi connectivity index (χ2v) is 7.91. The maximum Gasteiger partial charge on any atom is 1.00 e. The van der Waals surface area contributed by atoms with E-state index in [0.29, 0.717) is 16.3 Å². The number of aromatic nitrogens is 4. The summed E-state index contributed by atoms with van der Waals surface area (Å²) < 4.78 is 42.2. The summed E-state index contributed by atoms with van der Waals surface area (Å²) in [6.45, 7) is -0.199. The molecule has 0 unspecified atom stereocenters. The molecule has 0 amide bonds. The topological polar surface area (TPSA) is 184 Å². The summed E-state index contributed by atoms with van der Waals surface area (Å²) in [5.41, 5.74) is 0.582. The Morgan fingerprint density at radius 1 is 1.03 bits per heavy atom. The molecule has 0 aliphatic carbocycles. The van der Waals surface area contributed by atoms with Gasteiger partial charge >= 0.3 is 65.1 Å². The van der Waals surface area contributed by atoms with E-state index in [-0.39, 0.29) is 83.6 Å². The molecule has 0 atom stereocenters. The molecular formula is C16H14N6Na2O7S2. The molecule has 2 N–H and O–H groups in total. The van der Waals surface area contributed by atoms with Gasteiger partial charge in [-0.2, -0.15) is 19.3 Å². The van der Waals surface area contributed by atoms with Crippen LogP contribution in [0.5, 0.6) is 11.8 Å². The van der Waals surface area contributed by atoms with Crippen molar-refractivity contribution in [1.82, 2.24) is 19.9 Å². The Morgan fingerprint density at radius 2 is 1.76 bits per heavy atom. The zero-order valence-corrected chi connectivity index (χ0v) is 23.1. The molecular weight excluding hydrogens is 498 g/mol. The van der Waals surface area contributed by atoms with Crippen LogP contribution in [-0.2, 0) is 19.5 Å². The van der Waals surface area contributed by atoms with Crippen LogP contribution in [0.25, 0.3) is 0 Å². The quantitative estimate of drug-likeness (QED) is 0.0818. The normalized spacial score (nSPS) is 10.5. The number of nitrogens with zero attached hydrogens (tertiary/aromatic N) is 4. The Labute approximate surface area is 237 Å². The largest absolute Gasteiger partial charge is 1.00 e. The average Bonchev–Trinajstić information content (AvgIpc) is 2.73. The van der Waals surface area contributed by atoms with Gasteiger partial charge in [0.25, 0.3) is 0 Å². The number of hydrogen-bond acceptors (Lipinski definition) is 14. The van der Waals surface area contributed by atoms with Crippen LogP contribution >= 0.6 is 12.0 Å². The molecule has 1 aromatic carbocycles. The molecule has 33 heavy (non-hydrogen) atoms. The molecule has 0 aliphatic heterocycles. The summed E-state index contributed by atoms with van der Waals surface area (Å²) in [6.07, 6.45) is 3.03. The molecule has 0 fully saturated rings. The van der Waals surface area contributed by atoms with Crippen LogP contribution in [-0.4, -0.2) is 45.2 Å². The Kier molecular flexibility index (Phi) is 13.6. The first kappa shape index (κ1) is 30.0. The SMILES string of the molecule is O=S(=O)([O-])CCNc1nc(Nc2ccc(SOO[O-])cc2)nc(Oc2cccnc2)n1.[Na+].[Na+]. The number of benzene rings is 1. The van der Waals surface area contributed by atoms with Crippen LogP contribution < -0.4 is 79.7 Å². The van der Waals surface area contributed by atoms with Crippen molar-refractivity contribution < 1.29 is 91.5 Å². The number of pyridine rings is 1. The second-order valence-electron chi connectivity index (χ2n) is 5.61. The Balaban J connectivity index is 0.00000272. The van der Waals surface area contributed by atoms with Crippen LogP contribution in [0.1, 0.15) is 0 Å². The van der Waals surface area contributed by atoms with Gasteiger partial charge in [0, 0.05) is 23.3 Å².